The van der Waals surface area contributed by atoms with Gasteiger partial charge in [0.05, 0.1) is 16.0 Å². The lowest BCUT2D eigenvalue weighted by molar-refractivity contribution is 0.576. The van der Waals surface area contributed by atoms with Crippen molar-refractivity contribution in [3.8, 4) is 0 Å². The molecule has 4 nitrogen and oxygen atoms in total. The van der Waals surface area contributed by atoms with Crippen LogP contribution in [0.5, 0.6) is 0 Å². The summed E-state index contributed by atoms with van der Waals surface area (Å²) >= 11 is 8.16. The molecule has 0 aromatic heterocycles. The van der Waals surface area contributed by atoms with Crippen LogP contribution in [0.1, 0.15) is 19.8 Å². The zero-order chi connectivity index (χ0) is 14.0. The maximum absolute atomic E-state index is 12.2. The predicted octanol–water partition coefficient (Wildman–Crippen LogP) is 2.83. The Labute approximate surface area is 132 Å². The maximum atomic E-state index is 12.2. The van der Waals surface area contributed by atoms with E-state index in [1.165, 1.54) is 0 Å². The first-order valence-electron chi connectivity index (χ1n) is 6.08. The summed E-state index contributed by atoms with van der Waals surface area (Å²) in [6.45, 7) is 2.15. The number of hydrogen-bond acceptors (Lipinski definition) is 3. The third kappa shape index (κ3) is 4.47. The van der Waals surface area contributed by atoms with Crippen molar-refractivity contribution in [2.24, 2.45) is 0 Å². The van der Waals surface area contributed by atoms with Gasteiger partial charge in [-0.1, -0.05) is 11.6 Å². The van der Waals surface area contributed by atoms with Crippen LogP contribution in [-0.2, 0) is 10.0 Å². The highest BCUT2D eigenvalue weighted by Gasteiger charge is 2.26. The summed E-state index contributed by atoms with van der Waals surface area (Å²) in [7, 11) is -3.42. The van der Waals surface area contributed by atoms with Gasteiger partial charge in [-0.15, -0.1) is 0 Å². The Morgan fingerprint density at radius 1 is 1.47 bits per heavy atom. The lowest BCUT2D eigenvalue weighted by Gasteiger charge is -2.16. The molecule has 1 aromatic rings. The quantitative estimate of drug-likeness (QED) is 0.704. The van der Waals surface area contributed by atoms with Crippen molar-refractivity contribution in [2.45, 2.75) is 31.1 Å². The van der Waals surface area contributed by atoms with E-state index in [1.54, 1.807) is 19.1 Å². The molecular formula is C12H16ClIN2O2S. The predicted molar refractivity (Wildman–Crippen MR) is 87.2 cm³/mol. The van der Waals surface area contributed by atoms with Gasteiger partial charge in [-0.2, -0.15) is 0 Å². The topological polar surface area (TPSA) is 58.2 Å². The van der Waals surface area contributed by atoms with E-state index < -0.39 is 15.3 Å². The molecule has 106 valence electrons. The van der Waals surface area contributed by atoms with Gasteiger partial charge in [0.25, 0.3) is 0 Å². The first kappa shape index (κ1) is 15.3. The van der Waals surface area contributed by atoms with Crippen molar-refractivity contribution in [1.29, 1.82) is 0 Å². The van der Waals surface area contributed by atoms with E-state index in [0.29, 0.717) is 23.3 Å². The highest BCUT2D eigenvalue weighted by molar-refractivity contribution is 14.1. The van der Waals surface area contributed by atoms with Gasteiger partial charge in [0.2, 0.25) is 10.0 Å². The van der Waals surface area contributed by atoms with Crippen LogP contribution in [0.2, 0.25) is 5.02 Å². The molecule has 0 amide bonds. The van der Waals surface area contributed by atoms with Gasteiger partial charge in [0, 0.05) is 16.2 Å². The number of benzene rings is 1. The molecule has 1 atom stereocenters. The van der Waals surface area contributed by atoms with E-state index in [2.05, 4.69) is 32.6 Å². The molecular weight excluding hydrogens is 399 g/mol. The molecule has 1 aliphatic rings. The molecule has 2 rings (SSSR count). The van der Waals surface area contributed by atoms with Crippen LogP contribution < -0.4 is 10.0 Å². The molecule has 1 unspecified atom stereocenters. The van der Waals surface area contributed by atoms with Crippen LogP contribution in [0.4, 0.5) is 5.69 Å². The average Bonchev–Trinajstić information content (AvgIpc) is 3.13. The maximum Gasteiger partial charge on any atom is 0.236 e. The van der Waals surface area contributed by atoms with Crippen molar-refractivity contribution < 1.29 is 8.42 Å². The van der Waals surface area contributed by atoms with Crippen LogP contribution in [0, 0.1) is 3.57 Å². The Balaban J connectivity index is 2.02. The largest absolute Gasteiger partial charge is 0.313 e. The fourth-order valence-corrected chi connectivity index (χ4v) is 3.52. The Hall–Kier alpha value is -0.0500. The smallest absolute Gasteiger partial charge is 0.236 e. The molecule has 0 saturated heterocycles. The van der Waals surface area contributed by atoms with E-state index in [9.17, 15) is 8.42 Å². The van der Waals surface area contributed by atoms with E-state index in [4.69, 9.17) is 11.6 Å². The van der Waals surface area contributed by atoms with Gasteiger partial charge in [-0.05, 0) is 60.6 Å². The average molecular weight is 415 g/mol. The van der Waals surface area contributed by atoms with Gasteiger partial charge in [0.1, 0.15) is 0 Å². The molecule has 0 aliphatic heterocycles. The lowest BCUT2D eigenvalue weighted by atomic mass is 10.3. The summed E-state index contributed by atoms with van der Waals surface area (Å²) in [6, 6.07) is 5.73. The minimum absolute atomic E-state index is 0.415. The summed E-state index contributed by atoms with van der Waals surface area (Å²) in [5.41, 5.74) is 0.431. The zero-order valence-electron chi connectivity index (χ0n) is 10.5. The molecule has 2 N–H and O–H groups in total. The molecule has 7 heteroatoms. The summed E-state index contributed by atoms with van der Waals surface area (Å²) < 4.78 is 27.8. The second-order valence-electron chi connectivity index (χ2n) is 4.76. The Morgan fingerprint density at radius 2 is 2.16 bits per heavy atom. The molecule has 19 heavy (non-hydrogen) atoms. The van der Waals surface area contributed by atoms with Gasteiger partial charge in [-0.3, -0.25) is 4.72 Å². The standard InChI is InChI=1S/C12H16ClIN2O2S/c1-8(7-15-10-3-4-10)19(17,18)16-12-5-2-9(14)6-11(12)13/h2,5-6,8,10,15-16H,3-4,7H2,1H3. The molecule has 0 spiro atoms. The highest BCUT2D eigenvalue weighted by Crippen LogP contribution is 2.25. The molecule has 1 aromatic carbocycles. The fourth-order valence-electron chi connectivity index (χ4n) is 1.56. The Morgan fingerprint density at radius 3 is 2.74 bits per heavy atom. The first-order valence-corrected chi connectivity index (χ1v) is 9.09. The highest BCUT2D eigenvalue weighted by atomic mass is 127. The van der Waals surface area contributed by atoms with Crippen molar-refractivity contribution in [3.05, 3.63) is 26.8 Å². The van der Waals surface area contributed by atoms with Crippen LogP contribution in [0.15, 0.2) is 18.2 Å². The molecule has 1 saturated carbocycles. The molecule has 1 fully saturated rings. The van der Waals surface area contributed by atoms with E-state index in [1.807, 2.05) is 6.07 Å². The summed E-state index contributed by atoms with van der Waals surface area (Å²) in [5, 5.41) is 3.14. The summed E-state index contributed by atoms with van der Waals surface area (Å²) in [6.07, 6.45) is 2.28. The third-order valence-corrected chi connectivity index (χ3v) is 5.70. The van der Waals surface area contributed by atoms with Gasteiger partial charge in [0.15, 0.2) is 0 Å². The summed E-state index contributed by atoms with van der Waals surface area (Å²) in [5.74, 6) is 0. The molecule has 0 bridgehead atoms. The van der Waals surface area contributed by atoms with Crippen LogP contribution in [0.25, 0.3) is 0 Å². The number of sulfonamides is 1. The molecule has 0 radical (unpaired) electrons. The first-order chi connectivity index (χ1) is 8.88. The SMILES string of the molecule is CC(CNC1CC1)S(=O)(=O)Nc1ccc(I)cc1Cl. The van der Waals surface area contributed by atoms with E-state index in [0.717, 1.165) is 16.4 Å². The summed E-state index contributed by atoms with van der Waals surface area (Å²) in [4.78, 5) is 0. The van der Waals surface area contributed by atoms with Gasteiger partial charge in [-0.25, -0.2) is 8.42 Å². The van der Waals surface area contributed by atoms with Gasteiger partial charge < -0.3 is 5.32 Å². The minimum Gasteiger partial charge on any atom is -0.313 e. The fraction of sp³-hybridized carbons (Fsp3) is 0.500. The minimum atomic E-state index is -3.42. The van der Waals surface area contributed by atoms with Crippen molar-refractivity contribution in [1.82, 2.24) is 5.32 Å². The zero-order valence-corrected chi connectivity index (χ0v) is 14.2. The second-order valence-corrected chi connectivity index (χ2v) is 8.52. The van der Waals surface area contributed by atoms with E-state index >= 15 is 0 Å². The lowest BCUT2D eigenvalue weighted by Crippen LogP contribution is -2.35. The Kier molecular flexibility index (Phi) is 4.97. The number of nitrogens with one attached hydrogen (secondary N) is 2. The third-order valence-electron chi connectivity index (χ3n) is 2.98. The molecule has 0 heterocycles. The second kappa shape index (κ2) is 6.15. The number of halogens is 2. The van der Waals surface area contributed by atoms with Crippen LogP contribution in [-0.4, -0.2) is 26.3 Å². The van der Waals surface area contributed by atoms with Crippen molar-refractivity contribution >= 4 is 49.9 Å². The number of anilines is 1. The monoisotopic (exact) mass is 414 g/mol. The number of hydrogen-bond donors (Lipinski definition) is 2. The van der Waals surface area contributed by atoms with Crippen molar-refractivity contribution in [3.63, 3.8) is 0 Å². The van der Waals surface area contributed by atoms with E-state index in [-0.39, 0.29) is 0 Å². The van der Waals surface area contributed by atoms with Crippen LogP contribution in [0.3, 0.4) is 0 Å². The number of rotatable bonds is 6. The van der Waals surface area contributed by atoms with Gasteiger partial charge >= 0.3 is 0 Å². The Bertz CT molecular complexity index is 561. The molecule has 1 aliphatic carbocycles. The van der Waals surface area contributed by atoms with Crippen LogP contribution >= 0.6 is 34.2 Å². The van der Waals surface area contributed by atoms with Crippen molar-refractivity contribution in [2.75, 3.05) is 11.3 Å². The normalized spacial score (nSPS) is 17.2.